The lowest BCUT2D eigenvalue weighted by molar-refractivity contribution is -0.143. The maximum absolute atomic E-state index is 12.3. The molecule has 0 saturated heterocycles. The van der Waals surface area contributed by atoms with Crippen LogP contribution in [0.2, 0.25) is 0 Å². The molecule has 0 aromatic rings. The number of rotatable bonds is 3. The summed E-state index contributed by atoms with van der Waals surface area (Å²) in [5, 5.41) is 3.69. The second-order valence-electron chi connectivity index (χ2n) is 7.03. The lowest BCUT2D eigenvalue weighted by Crippen LogP contribution is -2.69. The fourth-order valence-electron chi connectivity index (χ4n) is 5.32. The Bertz CT molecular complexity index is 306. The van der Waals surface area contributed by atoms with E-state index in [2.05, 4.69) is 19.2 Å². The first-order chi connectivity index (χ1) is 8.02. The van der Waals surface area contributed by atoms with Gasteiger partial charge in [0.1, 0.15) is 5.78 Å². The normalized spacial score (nSPS) is 47.8. The third kappa shape index (κ3) is 1.60. The van der Waals surface area contributed by atoms with E-state index < -0.39 is 0 Å². The minimum Gasteiger partial charge on any atom is -0.302 e. The minimum absolute atomic E-state index is 0.165. The van der Waals surface area contributed by atoms with Crippen molar-refractivity contribution in [1.82, 2.24) is 5.32 Å². The zero-order valence-electron chi connectivity index (χ0n) is 11.3. The summed E-state index contributed by atoms with van der Waals surface area (Å²) in [7, 11) is 0. The average molecular weight is 235 g/mol. The van der Waals surface area contributed by atoms with Gasteiger partial charge in [-0.1, -0.05) is 0 Å². The van der Waals surface area contributed by atoms with Crippen molar-refractivity contribution in [2.75, 3.05) is 0 Å². The van der Waals surface area contributed by atoms with E-state index in [0.29, 0.717) is 23.7 Å². The van der Waals surface area contributed by atoms with E-state index in [0.717, 1.165) is 11.8 Å². The number of hydrogen-bond donors (Lipinski definition) is 1. The lowest BCUT2D eigenvalue weighted by atomic mass is 9.47. The maximum atomic E-state index is 12.3. The fourth-order valence-corrected chi connectivity index (χ4v) is 5.32. The van der Waals surface area contributed by atoms with Crippen molar-refractivity contribution in [1.29, 1.82) is 0 Å². The fraction of sp³-hybridized carbons (Fsp3) is 0.933. The highest BCUT2D eigenvalue weighted by atomic mass is 16.1. The summed E-state index contributed by atoms with van der Waals surface area (Å²) in [5.41, 5.74) is -0.165. The van der Waals surface area contributed by atoms with Crippen molar-refractivity contribution in [3.8, 4) is 0 Å². The Morgan fingerprint density at radius 2 is 1.53 bits per heavy atom. The highest BCUT2D eigenvalue weighted by Crippen LogP contribution is 2.58. The smallest absolute Gasteiger partial charge is 0.150 e. The van der Waals surface area contributed by atoms with Gasteiger partial charge in [-0.2, -0.15) is 0 Å². The van der Waals surface area contributed by atoms with Gasteiger partial charge in [0.25, 0.3) is 0 Å². The highest BCUT2D eigenvalue weighted by Gasteiger charge is 2.59. The molecule has 4 rings (SSSR count). The summed E-state index contributed by atoms with van der Waals surface area (Å²) in [6.45, 7) is 6.17. The molecule has 0 amide bonds. The van der Waals surface area contributed by atoms with Gasteiger partial charge in [0.05, 0.1) is 5.54 Å². The molecule has 0 aromatic carbocycles. The second-order valence-corrected chi connectivity index (χ2v) is 7.03. The van der Waals surface area contributed by atoms with E-state index in [-0.39, 0.29) is 5.54 Å². The molecule has 17 heavy (non-hydrogen) atoms. The van der Waals surface area contributed by atoms with Gasteiger partial charge in [0.15, 0.2) is 0 Å². The number of hydrogen-bond acceptors (Lipinski definition) is 2. The van der Waals surface area contributed by atoms with Gasteiger partial charge in [0, 0.05) is 6.04 Å². The van der Waals surface area contributed by atoms with Gasteiger partial charge < -0.3 is 5.32 Å². The van der Waals surface area contributed by atoms with Crippen molar-refractivity contribution < 1.29 is 4.79 Å². The lowest BCUT2D eigenvalue weighted by Gasteiger charge is -2.61. The van der Waals surface area contributed by atoms with Crippen LogP contribution in [-0.4, -0.2) is 17.4 Å². The Labute approximate surface area is 105 Å². The molecule has 2 nitrogen and oxygen atoms in total. The zero-order chi connectivity index (χ0) is 12.2. The number of carbonyl (C=O) groups is 1. The molecule has 4 fully saturated rings. The first-order valence-electron chi connectivity index (χ1n) is 7.31. The van der Waals surface area contributed by atoms with E-state index in [1.807, 2.05) is 6.92 Å². The molecule has 96 valence electrons. The third-order valence-corrected chi connectivity index (χ3v) is 5.54. The first-order valence-corrected chi connectivity index (χ1v) is 7.31. The Balaban J connectivity index is 1.95. The van der Waals surface area contributed by atoms with E-state index in [4.69, 9.17) is 0 Å². The Morgan fingerprint density at radius 1 is 1.06 bits per heavy atom. The third-order valence-electron chi connectivity index (χ3n) is 5.54. The summed E-state index contributed by atoms with van der Waals surface area (Å²) in [6, 6.07) is 0.413. The van der Waals surface area contributed by atoms with Crippen LogP contribution >= 0.6 is 0 Å². The van der Waals surface area contributed by atoms with E-state index in [1.165, 1.54) is 32.1 Å². The second kappa shape index (κ2) is 3.81. The number of ketones is 1. The molecule has 0 radical (unpaired) electrons. The monoisotopic (exact) mass is 235 g/mol. The molecule has 2 heteroatoms. The van der Waals surface area contributed by atoms with Crippen LogP contribution in [0, 0.1) is 23.7 Å². The van der Waals surface area contributed by atoms with Crippen LogP contribution in [0.1, 0.15) is 52.9 Å². The van der Waals surface area contributed by atoms with E-state index in [9.17, 15) is 4.79 Å². The molecule has 4 aliphatic carbocycles. The molecule has 0 spiro atoms. The molecule has 0 aromatic heterocycles. The first kappa shape index (κ1) is 11.7. The number of nitrogens with one attached hydrogen (secondary N) is 1. The summed E-state index contributed by atoms with van der Waals surface area (Å²) >= 11 is 0. The summed E-state index contributed by atoms with van der Waals surface area (Å²) < 4.78 is 0. The van der Waals surface area contributed by atoms with Gasteiger partial charge in [-0.25, -0.2) is 0 Å². The molecule has 4 bridgehead atoms. The van der Waals surface area contributed by atoms with Crippen molar-refractivity contribution in [2.24, 2.45) is 23.7 Å². The highest BCUT2D eigenvalue weighted by molar-refractivity contribution is 5.87. The Hall–Kier alpha value is -0.370. The molecular formula is C15H25NO. The SMILES string of the molecule is CC(=O)C1(NC(C)C)C2CC3CC(C2)CC1C3. The molecule has 0 atom stereocenters. The van der Waals surface area contributed by atoms with Crippen LogP contribution in [0.15, 0.2) is 0 Å². The molecular weight excluding hydrogens is 210 g/mol. The van der Waals surface area contributed by atoms with Gasteiger partial charge in [-0.15, -0.1) is 0 Å². The summed E-state index contributed by atoms with van der Waals surface area (Å²) in [4.78, 5) is 12.3. The maximum Gasteiger partial charge on any atom is 0.150 e. The molecule has 1 N–H and O–H groups in total. The van der Waals surface area contributed by atoms with Crippen LogP contribution < -0.4 is 5.32 Å². The minimum atomic E-state index is -0.165. The molecule has 4 saturated carbocycles. The van der Waals surface area contributed by atoms with Gasteiger partial charge in [-0.05, 0) is 76.5 Å². The zero-order valence-corrected chi connectivity index (χ0v) is 11.3. The van der Waals surface area contributed by atoms with Crippen LogP contribution in [0.5, 0.6) is 0 Å². The van der Waals surface area contributed by atoms with Gasteiger partial charge in [0.2, 0.25) is 0 Å². The average Bonchev–Trinajstić information content (AvgIpc) is 2.21. The van der Waals surface area contributed by atoms with Crippen LogP contribution in [0.4, 0.5) is 0 Å². The van der Waals surface area contributed by atoms with Crippen LogP contribution in [-0.2, 0) is 4.79 Å². The topological polar surface area (TPSA) is 29.1 Å². The predicted molar refractivity (Wildman–Crippen MR) is 68.7 cm³/mol. The largest absolute Gasteiger partial charge is 0.302 e. The van der Waals surface area contributed by atoms with Crippen molar-refractivity contribution in [3.05, 3.63) is 0 Å². The van der Waals surface area contributed by atoms with Crippen molar-refractivity contribution in [3.63, 3.8) is 0 Å². The molecule has 0 aliphatic heterocycles. The van der Waals surface area contributed by atoms with Crippen LogP contribution in [0.25, 0.3) is 0 Å². The van der Waals surface area contributed by atoms with Gasteiger partial charge >= 0.3 is 0 Å². The van der Waals surface area contributed by atoms with Crippen molar-refractivity contribution >= 4 is 5.78 Å². The summed E-state index contributed by atoms with van der Waals surface area (Å²) in [6.07, 6.45) is 6.64. The van der Waals surface area contributed by atoms with Crippen LogP contribution in [0.3, 0.4) is 0 Å². The van der Waals surface area contributed by atoms with Crippen molar-refractivity contribution in [2.45, 2.75) is 64.5 Å². The molecule has 0 heterocycles. The predicted octanol–water partition coefficient (Wildman–Crippen LogP) is 2.77. The molecule has 0 unspecified atom stereocenters. The Morgan fingerprint density at radius 3 is 1.88 bits per heavy atom. The van der Waals surface area contributed by atoms with E-state index in [1.54, 1.807) is 0 Å². The number of carbonyl (C=O) groups excluding carboxylic acids is 1. The Kier molecular flexibility index (Phi) is 2.62. The number of Topliss-reactive ketones (excluding diaryl/α,β-unsaturated/α-hetero) is 1. The quantitative estimate of drug-likeness (QED) is 0.815. The summed E-state index contributed by atoms with van der Waals surface area (Å²) in [5.74, 6) is 3.51. The van der Waals surface area contributed by atoms with E-state index >= 15 is 0 Å². The van der Waals surface area contributed by atoms with Gasteiger partial charge in [-0.3, -0.25) is 4.79 Å². The molecule has 4 aliphatic rings. The standard InChI is InChI=1S/C15H25NO/c1-9(2)16-15(10(3)17)13-5-11-4-12(7-13)8-14(15)6-11/h9,11-14,16H,4-8H2,1-3H3.